The highest BCUT2D eigenvalue weighted by atomic mass is 15.2. The predicted octanol–water partition coefficient (Wildman–Crippen LogP) is 2.54. The average molecular weight is 260 g/mol. The lowest BCUT2D eigenvalue weighted by atomic mass is 10.3. The summed E-state index contributed by atoms with van der Waals surface area (Å²) in [6.07, 6.45) is 5.52. The molecule has 0 radical (unpaired) electrons. The Morgan fingerprint density at radius 1 is 1.05 bits per heavy atom. The fraction of sp³-hybridized carbons (Fsp3) is 0.357. The van der Waals surface area contributed by atoms with Crippen LogP contribution in [-0.4, -0.2) is 51.1 Å². The predicted molar refractivity (Wildman–Crippen MR) is 80.4 cm³/mol. The van der Waals surface area contributed by atoms with Crippen LogP contribution in [0.1, 0.15) is 0 Å². The molecule has 1 aromatic rings. The molecule has 0 fully saturated rings. The first-order chi connectivity index (χ1) is 8.99. The Morgan fingerprint density at radius 3 is 2.21 bits per heavy atom. The quantitative estimate of drug-likeness (QED) is 0.353. The highest BCUT2D eigenvalue weighted by molar-refractivity contribution is 5.53. The lowest BCUT2D eigenvalue weighted by Crippen LogP contribution is -2.07. The smallest absolute Gasteiger partial charge is 0.314 e. The first-order valence-corrected chi connectivity index (χ1v) is 6.07. The summed E-state index contributed by atoms with van der Waals surface area (Å²) in [5.74, 6) is 0. The van der Waals surface area contributed by atoms with Crippen LogP contribution in [0.4, 0.5) is 11.4 Å². The SMILES string of the molecule is CN(C)/C=C\[N+](C)=CN=Nc1ccc(N(C)C)cc1. The maximum atomic E-state index is 4.14. The molecule has 5 nitrogen and oxygen atoms in total. The second kappa shape index (κ2) is 7.31. The maximum Gasteiger partial charge on any atom is 0.314 e. The van der Waals surface area contributed by atoms with Crippen molar-refractivity contribution in [3.8, 4) is 0 Å². The molecular formula is C14H22N5+. The average Bonchev–Trinajstić information content (AvgIpc) is 2.37. The summed E-state index contributed by atoms with van der Waals surface area (Å²) in [5, 5.41) is 8.17. The van der Waals surface area contributed by atoms with Gasteiger partial charge in [0.05, 0.1) is 12.2 Å². The van der Waals surface area contributed by atoms with Crippen LogP contribution in [0.15, 0.2) is 46.9 Å². The Bertz CT molecular complexity index is 469. The summed E-state index contributed by atoms with van der Waals surface area (Å²) in [7, 11) is 9.87. The van der Waals surface area contributed by atoms with E-state index >= 15 is 0 Å². The zero-order chi connectivity index (χ0) is 14.3. The topological polar surface area (TPSA) is 34.2 Å². The van der Waals surface area contributed by atoms with Crippen molar-refractivity contribution in [1.29, 1.82) is 0 Å². The molecule has 0 N–H and O–H groups in total. The van der Waals surface area contributed by atoms with Gasteiger partial charge in [0, 0.05) is 40.1 Å². The van der Waals surface area contributed by atoms with Crippen LogP contribution in [0.5, 0.6) is 0 Å². The van der Waals surface area contributed by atoms with Crippen molar-refractivity contribution in [2.24, 2.45) is 10.2 Å². The molecule has 0 aromatic heterocycles. The van der Waals surface area contributed by atoms with Crippen LogP contribution in [0.2, 0.25) is 0 Å². The van der Waals surface area contributed by atoms with Crippen LogP contribution < -0.4 is 4.90 Å². The minimum atomic E-state index is 0.840. The Labute approximate surface area is 115 Å². The molecule has 0 unspecified atom stereocenters. The molecular weight excluding hydrogens is 238 g/mol. The molecule has 19 heavy (non-hydrogen) atoms. The van der Waals surface area contributed by atoms with Gasteiger partial charge in [-0.2, -0.15) is 0 Å². The highest BCUT2D eigenvalue weighted by Crippen LogP contribution is 2.17. The third-order valence-corrected chi connectivity index (χ3v) is 2.37. The third kappa shape index (κ3) is 5.81. The Hall–Kier alpha value is -2.17. The van der Waals surface area contributed by atoms with E-state index in [1.54, 1.807) is 6.34 Å². The van der Waals surface area contributed by atoms with Crippen LogP contribution in [-0.2, 0) is 0 Å². The molecule has 0 atom stereocenters. The summed E-state index contributed by atoms with van der Waals surface area (Å²) in [6.45, 7) is 0. The van der Waals surface area contributed by atoms with E-state index in [1.807, 2.05) is 86.3 Å². The molecule has 0 aliphatic rings. The minimum absolute atomic E-state index is 0.840. The van der Waals surface area contributed by atoms with Gasteiger partial charge in [0.25, 0.3) is 0 Å². The second-order valence-corrected chi connectivity index (χ2v) is 4.67. The molecule has 0 spiro atoms. The molecule has 102 valence electrons. The zero-order valence-corrected chi connectivity index (χ0v) is 12.3. The molecule has 0 saturated carbocycles. The van der Waals surface area contributed by atoms with E-state index < -0.39 is 0 Å². The number of benzene rings is 1. The lowest BCUT2D eigenvalue weighted by Gasteiger charge is -2.11. The van der Waals surface area contributed by atoms with Crippen molar-refractivity contribution in [3.05, 3.63) is 36.7 Å². The minimum Gasteiger partial charge on any atom is -0.381 e. The molecule has 0 amide bonds. The number of azo groups is 1. The zero-order valence-electron chi connectivity index (χ0n) is 12.3. The maximum absolute atomic E-state index is 4.14. The van der Waals surface area contributed by atoms with E-state index in [0.717, 1.165) is 11.4 Å². The second-order valence-electron chi connectivity index (χ2n) is 4.67. The van der Waals surface area contributed by atoms with E-state index in [0.29, 0.717) is 0 Å². The number of hydrogen-bond donors (Lipinski definition) is 0. The Kier molecular flexibility index (Phi) is 5.73. The fourth-order valence-corrected chi connectivity index (χ4v) is 1.27. The summed E-state index contributed by atoms with van der Waals surface area (Å²) >= 11 is 0. The fourth-order valence-electron chi connectivity index (χ4n) is 1.27. The van der Waals surface area contributed by atoms with Gasteiger partial charge in [-0.25, -0.2) is 4.58 Å². The number of hydrogen-bond acceptors (Lipinski definition) is 3. The lowest BCUT2D eigenvalue weighted by molar-refractivity contribution is -0.418. The standard InChI is InChI=1S/C14H22N5/c1-17(2)10-11-19(5)12-15-16-13-6-8-14(9-7-13)18(3)4/h6-12H,1-5H3/q+1/b11-10-. The van der Waals surface area contributed by atoms with E-state index in [-0.39, 0.29) is 0 Å². The molecule has 5 heteroatoms. The molecule has 1 aromatic carbocycles. The summed E-state index contributed by atoms with van der Waals surface area (Å²) in [4.78, 5) is 4.01. The van der Waals surface area contributed by atoms with Crippen molar-refractivity contribution in [2.75, 3.05) is 40.1 Å². The van der Waals surface area contributed by atoms with Crippen molar-refractivity contribution < 1.29 is 4.58 Å². The normalized spacial score (nSPS) is 12.4. The van der Waals surface area contributed by atoms with Gasteiger partial charge in [0.2, 0.25) is 0 Å². The van der Waals surface area contributed by atoms with Gasteiger partial charge in [-0.1, -0.05) is 0 Å². The van der Waals surface area contributed by atoms with Crippen LogP contribution in [0, 0.1) is 0 Å². The monoisotopic (exact) mass is 260 g/mol. The van der Waals surface area contributed by atoms with Gasteiger partial charge in [-0.3, -0.25) is 0 Å². The van der Waals surface area contributed by atoms with Crippen molar-refractivity contribution in [3.63, 3.8) is 0 Å². The van der Waals surface area contributed by atoms with Crippen LogP contribution in [0.3, 0.4) is 0 Å². The van der Waals surface area contributed by atoms with E-state index in [1.165, 1.54) is 0 Å². The van der Waals surface area contributed by atoms with E-state index in [4.69, 9.17) is 0 Å². The van der Waals surface area contributed by atoms with Gasteiger partial charge >= 0.3 is 6.34 Å². The van der Waals surface area contributed by atoms with E-state index in [2.05, 4.69) is 10.2 Å². The Balaban J connectivity index is 2.64. The molecule has 0 aliphatic carbocycles. The molecule has 0 saturated heterocycles. The number of nitrogens with zero attached hydrogens (tertiary/aromatic N) is 5. The van der Waals surface area contributed by atoms with Crippen molar-refractivity contribution in [1.82, 2.24) is 4.90 Å². The first kappa shape index (κ1) is 14.9. The molecule has 0 heterocycles. The molecule has 0 bridgehead atoms. The van der Waals surface area contributed by atoms with Gasteiger partial charge in [-0.05, 0) is 29.4 Å². The van der Waals surface area contributed by atoms with Gasteiger partial charge < -0.3 is 9.80 Å². The summed E-state index contributed by atoms with van der Waals surface area (Å²) in [6, 6.07) is 7.93. The summed E-state index contributed by atoms with van der Waals surface area (Å²) in [5.41, 5.74) is 1.99. The van der Waals surface area contributed by atoms with Gasteiger partial charge in [0.15, 0.2) is 0 Å². The number of rotatable bonds is 5. The van der Waals surface area contributed by atoms with Crippen LogP contribution in [0.25, 0.3) is 0 Å². The van der Waals surface area contributed by atoms with Gasteiger partial charge in [-0.15, -0.1) is 0 Å². The van der Waals surface area contributed by atoms with E-state index in [9.17, 15) is 0 Å². The largest absolute Gasteiger partial charge is 0.381 e. The molecule has 1 rings (SSSR count). The summed E-state index contributed by atoms with van der Waals surface area (Å²) < 4.78 is 1.84. The number of anilines is 1. The third-order valence-electron chi connectivity index (χ3n) is 2.37. The first-order valence-electron chi connectivity index (χ1n) is 6.07. The molecule has 0 aliphatic heterocycles. The Morgan fingerprint density at radius 2 is 1.68 bits per heavy atom. The highest BCUT2D eigenvalue weighted by Gasteiger charge is 1.96. The van der Waals surface area contributed by atoms with Crippen LogP contribution >= 0.6 is 0 Å². The van der Waals surface area contributed by atoms with Gasteiger partial charge in [0.1, 0.15) is 11.9 Å². The van der Waals surface area contributed by atoms with Crippen molar-refractivity contribution in [2.45, 2.75) is 0 Å². The van der Waals surface area contributed by atoms with Crippen molar-refractivity contribution >= 4 is 17.7 Å².